The summed E-state index contributed by atoms with van der Waals surface area (Å²) >= 11 is 0. The zero-order chi connectivity index (χ0) is 18.5. The number of benzene rings is 2. The number of nitrogens with zero attached hydrogens (tertiary/aromatic N) is 2. The number of aromatic nitrogens is 2. The van der Waals surface area contributed by atoms with E-state index in [1.807, 2.05) is 75.6 Å². The lowest BCUT2D eigenvalue weighted by Crippen LogP contribution is -2.05. The van der Waals surface area contributed by atoms with Gasteiger partial charge >= 0.3 is 0 Å². The Labute approximate surface area is 155 Å². The molecule has 0 atom stereocenters. The Hall–Kier alpha value is -3.07. The molecule has 3 rings (SSSR count). The average molecular weight is 344 g/mol. The van der Waals surface area contributed by atoms with Gasteiger partial charge in [-0.15, -0.1) is 0 Å². The van der Waals surface area contributed by atoms with E-state index < -0.39 is 0 Å². The zero-order valence-electron chi connectivity index (χ0n) is 15.5. The summed E-state index contributed by atoms with van der Waals surface area (Å²) in [6.07, 6.45) is 5.98. The highest BCUT2D eigenvalue weighted by Gasteiger charge is 2.08. The van der Waals surface area contributed by atoms with E-state index >= 15 is 0 Å². The van der Waals surface area contributed by atoms with Crippen molar-refractivity contribution < 1.29 is 4.74 Å². The lowest BCUT2D eigenvalue weighted by atomic mass is 10.1. The molecule has 1 aromatic heterocycles. The molecule has 0 unspecified atom stereocenters. The van der Waals surface area contributed by atoms with Crippen molar-refractivity contribution >= 4 is 11.6 Å². The normalized spacial score (nSPS) is 11.6. The number of imidazole rings is 1. The van der Waals surface area contributed by atoms with Crippen LogP contribution in [0.5, 0.6) is 5.75 Å². The molecule has 3 heteroatoms. The predicted molar refractivity (Wildman–Crippen MR) is 109 cm³/mol. The molecule has 2 aromatic carbocycles. The first-order valence-corrected chi connectivity index (χ1v) is 8.77. The number of hydrogen-bond donors (Lipinski definition) is 0. The van der Waals surface area contributed by atoms with E-state index in [1.54, 1.807) is 0 Å². The SMILES string of the molecule is C=C/C(=C\c1ncc(-c2ccccc2)n1C)c1ccc(OC(C)C)cc1. The first-order chi connectivity index (χ1) is 12.6. The van der Waals surface area contributed by atoms with E-state index in [0.717, 1.165) is 34.0 Å². The first-order valence-electron chi connectivity index (χ1n) is 8.77. The van der Waals surface area contributed by atoms with Gasteiger partial charge in [0.1, 0.15) is 11.6 Å². The topological polar surface area (TPSA) is 27.1 Å². The maximum absolute atomic E-state index is 5.71. The zero-order valence-corrected chi connectivity index (χ0v) is 15.5. The molecule has 0 saturated heterocycles. The molecule has 0 aliphatic heterocycles. The summed E-state index contributed by atoms with van der Waals surface area (Å²) in [7, 11) is 2.03. The van der Waals surface area contributed by atoms with Crippen LogP contribution in [0.1, 0.15) is 25.2 Å². The molecule has 0 bridgehead atoms. The summed E-state index contributed by atoms with van der Waals surface area (Å²) in [5.74, 6) is 1.76. The lowest BCUT2D eigenvalue weighted by Gasteiger charge is -2.10. The standard InChI is InChI=1S/C23H24N2O/c1-5-18(19-11-13-21(14-12-19)26-17(2)3)15-23-24-16-22(25(23)4)20-9-7-6-8-10-20/h5-17H,1H2,2-4H3/b18-15+. The Bertz CT molecular complexity index is 903. The van der Waals surface area contributed by atoms with Gasteiger partial charge < -0.3 is 9.30 Å². The Morgan fingerprint density at radius 3 is 2.38 bits per heavy atom. The highest BCUT2D eigenvalue weighted by Crippen LogP contribution is 2.25. The summed E-state index contributed by atoms with van der Waals surface area (Å²) in [5.41, 5.74) is 4.34. The van der Waals surface area contributed by atoms with Gasteiger partial charge in [-0.25, -0.2) is 4.98 Å². The Kier molecular flexibility index (Phi) is 5.37. The van der Waals surface area contributed by atoms with Crippen molar-refractivity contribution in [3.63, 3.8) is 0 Å². The van der Waals surface area contributed by atoms with Crippen molar-refractivity contribution in [3.8, 4) is 17.0 Å². The molecule has 1 heterocycles. The minimum atomic E-state index is 0.166. The van der Waals surface area contributed by atoms with Gasteiger partial charge in [-0.05, 0) is 48.8 Å². The molecule has 0 aliphatic rings. The average Bonchev–Trinajstić information content (AvgIpc) is 3.01. The van der Waals surface area contributed by atoms with Crippen LogP contribution in [0.2, 0.25) is 0 Å². The molecule has 0 spiro atoms. The van der Waals surface area contributed by atoms with E-state index in [1.165, 1.54) is 0 Å². The van der Waals surface area contributed by atoms with Crippen molar-refractivity contribution in [2.45, 2.75) is 20.0 Å². The van der Waals surface area contributed by atoms with Crippen LogP contribution in [0.15, 0.2) is 73.4 Å². The van der Waals surface area contributed by atoms with Crippen LogP contribution in [0, 0.1) is 0 Å². The van der Waals surface area contributed by atoms with E-state index in [2.05, 4.69) is 34.3 Å². The second kappa shape index (κ2) is 7.87. The van der Waals surface area contributed by atoms with Crippen LogP contribution in [0.25, 0.3) is 22.9 Å². The Morgan fingerprint density at radius 1 is 1.08 bits per heavy atom. The highest BCUT2D eigenvalue weighted by atomic mass is 16.5. The molecule has 3 aromatic rings. The predicted octanol–water partition coefficient (Wildman–Crippen LogP) is 5.60. The molecule has 3 nitrogen and oxygen atoms in total. The third-order valence-electron chi connectivity index (χ3n) is 4.16. The number of rotatable bonds is 6. The van der Waals surface area contributed by atoms with Crippen molar-refractivity contribution in [2.75, 3.05) is 0 Å². The molecule has 132 valence electrons. The van der Waals surface area contributed by atoms with Gasteiger partial charge in [-0.3, -0.25) is 0 Å². The number of allylic oxidation sites excluding steroid dienone is 2. The van der Waals surface area contributed by atoms with Gasteiger partial charge in [0.05, 0.1) is 18.0 Å². The number of hydrogen-bond acceptors (Lipinski definition) is 2. The summed E-state index contributed by atoms with van der Waals surface area (Å²) in [5, 5.41) is 0. The molecule has 0 saturated carbocycles. The van der Waals surface area contributed by atoms with Gasteiger partial charge in [0.15, 0.2) is 0 Å². The maximum atomic E-state index is 5.71. The van der Waals surface area contributed by atoms with Crippen LogP contribution in [0.4, 0.5) is 0 Å². The largest absolute Gasteiger partial charge is 0.491 e. The fraction of sp³-hybridized carbons (Fsp3) is 0.174. The van der Waals surface area contributed by atoms with E-state index in [-0.39, 0.29) is 6.10 Å². The second-order valence-corrected chi connectivity index (χ2v) is 6.42. The second-order valence-electron chi connectivity index (χ2n) is 6.42. The van der Waals surface area contributed by atoms with Crippen LogP contribution in [-0.4, -0.2) is 15.7 Å². The van der Waals surface area contributed by atoms with Crippen LogP contribution in [0.3, 0.4) is 0 Å². The van der Waals surface area contributed by atoms with Crippen LogP contribution in [-0.2, 0) is 7.05 Å². The van der Waals surface area contributed by atoms with Gasteiger partial charge in [0, 0.05) is 7.05 Å². The summed E-state index contributed by atoms with van der Waals surface area (Å²) in [4.78, 5) is 4.58. The van der Waals surface area contributed by atoms with Gasteiger partial charge in [0.25, 0.3) is 0 Å². The molecule has 0 radical (unpaired) electrons. The quantitative estimate of drug-likeness (QED) is 0.544. The monoisotopic (exact) mass is 344 g/mol. The van der Waals surface area contributed by atoms with E-state index in [9.17, 15) is 0 Å². The van der Waals surface area contributed by atoms with Crippen molar-refractivity contribution in [1.29, 1.82) is 0 Å². The van der Waals surface area contributed by atoms with Gasteiger partial charge in [-0.2, -0.15) is 0 Å². The third kappa shape index (κ3) is 3.94. The molecule has 0 fully saturated rings. The van der Waals surface area contributed by atoms with Crippen molar-refractivity contribution in [2.24, 2.45) is 7.05 Å². The molecular formula is C23H24N2O. The lowest BCUT2D eigenvalue weighted by molar-refractivity contribution is 0.242. The Morgan fingerprint density at radius 2 is 1.77 bits per heavy atom. The fourth-order valence-corrected chi connectivity index (χ4v) is 2.83. The molecule has 0 aliphatic carbocycles. The molecule has 0 N–H and O–H groups in total. The minimum Gasteiger partial charge on any atom is -0.491 e. The summed E-state index contributed by atoms with van der Waals surface area (Å²) in [6, 6.07) is 18.3. The fourth-order valence-electron chi connectivity index (χ4n) is 2.83. The van der Waals surface area contributed by atoms with Gasteiger partial charge in [0.2, 0.25) is 0 Å². The summed E-state index contributed by atoms with van der Waals surface area (Å²) < 4.78 is 7.80. The third-order valence-corrected chi connectivity index (χ3v) is 4.16. The van der Waals surface area contributed by atoms with Crippen LogP contribution < -0.4 is 4.74 Å². The molecule has 0 amide bonds. The molecule has 26 heavy (non-hydrogen) atoms. The van der Waals surface area contributed by atoms with Crippen LogP contribution >= 0.6 is 0 Å². The van der Waals surface area contributed by atoms with E-state index in [0.29, 0.717) is 0 Å². The Balaban J connectivity index is 1.90. The first kappa shape index (κ1) is 17.7. The highest BCUT2D eigenvalue weighted by molar-refractivity contribution is 5.86. The minimum absolute atomic E-state index is 0.166. The maximum Gasteiger partial charge on any atom is 0.133 e. The van der Waals surface area contributed by atoms with Crippen molar-refractivity contribution in [1.82, 2.24) is 9.55 Å². The van der Waals surface area contributed by atoms with Crippen molar-refractivity contribution in [3.05, 3.63) is 84.8 Å². The molecular weight excluding hydrogens is 320 g/mol. The smallest absolute Gasteiger partial charge is 0.133 e. The van der Waals surface area contributed by atoms with Gasteiger partial charge in [-0.1, -0.05) is 55.1 Å². The van der Waals surface area contributed by atoms with E-state index in [4.69, 9.17) is 4.74 Å². The number of ether oxygens (including phenoxy) is 1. The summed E-state index contributed by atoms with van der Waals surface area (Å²) in [6.45, 7) is 8.01.